The lowest BCUT2D eigenvalue weighted by Gasteiger charge is -2.64. The molecule has 0 radical (unpaired) electrons. The Balaban J connectivity index is 1.85. The molecule has 2 bridgehead atoms. The molecule has 1 aliphatic heterocycles. The van der Waals surface area contributed by atoms with Crippen molar-refractivity contribution in [3.05, 3.63) is 71.8 Å². The third kappa shape index (κ3) is 6.34. The second kappa shape index (κ2) is 13.9. The van der Waals surface area contributed by atoms with Crippen LogP contribution in [0.3, 0.4) is 0 Å². The third-order valence-electron chi connectivity index (χ3n) is 9.95. The number of rotatable bonds is 9. The number of benzene rings is 2. The van der Waals surface area contributed by atoms with Gasteiger partial charge in [0.15, 0.2) is 12.2 Å². The molecule has 0 aromatic heterocycles. The van der Waals surface area contributed by atoms with Crippen molar-refractivity contribution in [1.29, 1.82) is 0 Å². The second-order valence-electron chi connectivity index (χ2n) is 13.6. The molecular formula is C37H42O13. The topological polar surface area (TPSA) is 167 Å². The van der Waals surface area contributed by atoms with Crippen LogP contribution in [0.15, 0.2) is 60.7 Å². The summed E-state index contributed by atoms with van der Waals surface area (Å²) in [5.74, 6) is -6.30. The number of hydrogen-bond acceptors (Lipinski definition) is 13. The van der Waals surface area contributed by atoms with Crippen molar-refractivity contribution in [1.82, 2.24) is 0 Å². The summed E-state index contributed by atoms with van der Waals surface area (Å²) in [7, 11) is 0. The molecule has 13 heteroatoms. The highest BCUT2D eigenvalue weighted by Gasteiger charge is 2.85. The van der Waals surface area contributed by atoms with Crippen molar-refractivity contribution in [3.63, 3.8) is 0 Å². The summed E-state index contributed by atoms with van der Waals surface area (Å²) in [4.78, 5) is 79.2. The van der Waals surface area contributed by atoms with E-state index in [4.69, 9.17) is 33.2 Å². The Kier molecular flexibility index (Phi) is 10.1. The average Bonchev–Trinajstić information content (AvgIpc) is 3.24. The molecule has 3 fully saturated rings. The molecule has 2 aliphatic carbocycles. The van der Waals surface area contributed by atoms with Crippen LogP contribution in [0, 0.1) is 17.3 Å². The van der Waals surface area contributed by atoms with Crippen LogP contribution >= 0.6 is 0 Å². The lowest BCUT2D eigenvalue weighted by atomic mass is 9.47. The van der Waals surface area contributed by atoms with Gasteiger partial charge in [-0.1, -0.05) is 43.3 Å². The zero-order valence-electron chi connectivity index (χ0n) is 29.0. The molecule has 13 nitrogen and oxygen atoms in total. The minimum Gasteiger partial charge on any atom is -0.465 e. The largest absolute Gasteiger partial charge is 0.465 e. The van der Waals surface area contributed by atoms with Crippen molar-refractivity contribution in [2.75, 3.05) is 6.61 Å². The fourth-order valence-corrected chi connectivity index (χ4v) is 8.38. The lowest BCUT2D eigenvalue weighted by Crippen LogP contribution is -2.81. The molecule has 5 unspecified atom stereocenters. The van der Waals surface area contributed by atoms with Gasteiger partial charge in [-0.25, -0.2) is 9.59 Å². The van der Waals surface area contributed by atoms with Gasteiger partial charge in [0, 0.05) is 27.7 Å². The Bertz CT molecular complexity index is 1640. The van der Waals surface area contributed by atoms with Crippen LogP contribution in [0.1, 0.15) is 75.6 Å². The van der Waals surface area contributed by atoms with Gasteiger partial charge in [0.05, 0.1) is 22.6 Å². The number of fused-ring (bicyclic) bond motifs is 1. The van der Waals surface area contributed by atoms with Gasteiger partial charge in [-0.05, 0) is 50.5 Å². The van der Waals surface area contributed by atoms with Gasteiger partial charge in [-0.3, -0.25) is 19.2 Å². The van der Waals surface area contributed by atoms with E-state index in [1.807, 2.05) is 0 Å². The maximum absolute atomic E-state index is 14.0. The summed E-state index contributed by atoms with van der Waals surface area (Å²) in [5.41, 5.74) is -4.72. The van der Waals surface area contributed by atoms with Crippen molar-refractivity contribution < 1.29 is 61.9 Å². The first kappa shape index (κ1) is 36.5. The van der Waals surface area contributed by atoms with Crippen molar-refractivity contribution in [3.8, 4) is 0 Å². The molecule has 9 atom stereocenters. The average molecular weight is 695 g/mol. The van der Waals surface area contributed by atoms with E-state index in [9.17, 15) is 28.8 Å². The van der Waals surface area contributed by atoms with Crippen LogP contribution in [-0.2, 0) is 52.3 Å². The van der Waals surface area contributed by atoms with Gasteiger partial charge >= 0.3 is 35.8 Å². The molecule has 2 saturated carbocycles. The van der Waals surface area contributed by atoms with Crippen LogP contribution in [-0.4, -0.2) is 84.1 Å². The number of hydrogen-bond donors (Lipinski definition) is 0. The predicted molar refractivity (Wildman–Crippen MR) is 172 cm³/mol. The molecular weight excluding hydrogens is 652 g/mol. The smallest absolute Gasteiger partial charge is 0.338 e. The molecule has 268 valence electrons. The summed E-state index contributed by atoms with van der Waals surface area (Å²) in [6.07, 6.45) is -7.03. The normalized spacial score (nSPS) is 32.0. The van der Waals surface area contributed by atoms with E-state index in [-0.39, 0.29) is 17.5 Å². The number of carbonyl (C=O) groups excluding carboxylic acids is 6. The van der Waals surface area contributed by atoms with Crippen molar-refractivity contribution >= 4 is 35.8 Å². The van der Waals surface area contributed by atoms with E-state index >= 15 is 0 Å². The zero-order chi connectivity index (χ0) is 36.6. The van der Waals surface area contributed by atoms with Crippen LogP contribution in [0.2, 0.25) is 0 Å². The van der Waals surface area contributed by atoms with E-state index in [0.29, 0.717) is 0 Å². The molecule has 5 rings (SSSR count). The Morgan fingerprint density at radius 1 is 0.660 bits per heavy atom. The van der Waals surface area contributed by atoms with E-state index < -0.39 is 101 Å². The van der Waals surface area contributed by atoms with Crippen LogP contribution in [0.25, 0.3) is 0 Å². The molecule has 0 N–H and O–H groups in total. The van der Waals surface area contributed by atoms with Crippen LogP contribution in [0.4, 0.5) is 0 Å². The van der Waals surface area contributed by atoms with Crippen LogP contribution in [0.5, 0.6) is 0 Å². The molecule has 3 aliphatic rings. The fourth-order valence-electron chi connectivity index (χ4n) is 8.38. The summed E-state index contributed by atoms with van der Waals surface area (Å²) in [5, 5.41) is 0. The minimum absolute atomic E-state index is 0.0238. The van der Waals surface area contributed by atoms with E-state index in [0.717, 1.165) is 13.8 Å². The zero-order valence-corrected chi connectivity index (χ0v) is 29.0. The number of esters is 6. The summed E-state index contributed by atoms with van der Waals surface area (Å²) >= 11 is 0. The van der Waals surface area contributed by atoms with Gasteiger partial charge in [-0.15, -0.1) is 0 Å². The molecule has 1 heterocycles. The highest BCUT2D eigenvalue weighted by molar-refractivity contribution is 5.90. The Hall–Kier alpha value is -4.78. The molecule has 1 saturated heterocycles. The fraction of sp³-hybridized carbons (Fsp3) is 0.514. The molecule has 50 heavy (non-hydrogen) atoms. The van der Waals surface area contributed by atoms with E-state index in [1.54, 1.807) is 57.2 Å². The monoisotopic (exact) mass is 694 g/mol. The predicted octanol–water partition coefficient (Wildman–Crippen LogP) is 4.00. The second-order valence-corrected chi connectivity index (χ2v) is 13.6. The Labute approximate surface area is 289 Å². The number of carbonyl (C=O) groups is 6. The third-order valence-corrected chi connectivity index (χ3v) is 9.95. The van der Waals surface area contributed by atoms with Crippen LogP contribution < -0.4 is 0 Å². The Morgan fingerprint density at radius 2 is 1.16 bits per heavy atom. The molecule has 2 aromatic carbocycles. The van der Waals surface area contributed by atoms with Gasteiger partial charge in [0.25, 0.3) is 0 Å². The SMILES string of the molecule is CC(=O)OC[C@@]12C(OC(=O)c3ccccc3)C(OC(C)=O)C[C@H](C)[C@]13OC(C)(C)[C@H](C(OC(=O)c1ccccc1)C2OC(C)=O)C3OC(C)=O. The lowest BCUT2D eigenvalue weighted by molar-refractivity contribution is -0.328. The van der Waals surface area contributed by atoms with E-state index in [2.05, 4.69) is 0 Å². The quantitative estimate of drug-likeness (QED) is 0.273. The summed E-state index contributed by atoms with van der Waals surface area (Å²) < 4.78 is 43.4. The van der Waals surface area contributed by atoms with Gasteiger partial charge < -0.3 is 33.2 Å². The highest BCUT2D eigenvalue weighted by atomic mass is 16.6. The van der Waals surface area contributed by atoms with Gasteiger partial charge in [-0.2, -0.15) is 0 Å². The standard InChI is InChI=1S/C37H42O13/c1-20-18-27(45-22(3)39)30(49-34(43)26-16-12-9-13-17-26)36(19-44-21(2)38)32(47-24(5)41)29(48-33(42)25-14-10-8-11-15-25)28-31(46-23(4)40)37(20,36)50-35(28,6)7/h8-17,20,27-32H,18-19H2,1-7H3/t20-,27?,28+,29?,30?,31?,32?,36-,37+/m0/s1. The maximum Gasteiger partial charge on any atom is 0.338 e. The summed E-state index contributed by atoms with van der Waals surface area (Å²) in [6, 6.07) is 16.1. The highest BCUT2D eigenvalue weighted by Crippen LogP contribution is 2.68. The minimum atomic E-state index is -2.02. The first-order valence-electron chi connectivity index (χ1n) is 16.4. The van der Waals surface area contributed by atoms with Crippen molar-refractivity contribution in [2.45, 2.75) is 96.6 Å². The summed E-state index contributed by atoms with van der Waals surface area (Å²) in [6.45, 7) is 9.25. The van der Waals surface area contributed by atoms with Gasteiger partial charge in [0.2, 0.25) is 0 Å². The molecule has 1 spiro atoms. The van der Waals surface area contributed by atoms with Gasteiger partial charge in [0.1, 0.15) is 35.9 Å². The maximum atomic E-state index is 14.0. The Morgan fingerprint density at radius 3 is 1.66 bits per heavy atom. The van der Waals surface area contributed by atoms with Crippen molar-refractivity contribution in [2.24, 2.45) is 17.3 Å². The van der Waals surface area contributed by atoms with E-state index in [1.165, 1.54) is 38.1 Å². The first-order valence-corrected chi connectivity index (χ1v) is 16.4. The number of ether oxygens (including phenoxy) is 7. The first-order chi connectivity index (χ1) is 23.5. The molecule has 0 amide bonds. The molecule has 2 aromatic rings.